The van der Waals surface area contributed by atoms with Gasteiger partial charge in [-0.1, -0.05) is 17.7 Å². The number of halogens is 1. The van der Waals surface area contributed by atoms with Crippen molar-refractivity contribution in [1.82, 2.24) is 5.32 Å². The third-order valence-electron chi connectivity index (χ3n) is 2.61. The average molecular weight is 327 g/mol. The van der Waals surface area contributed by atoms with Crippen LogP contribution in [0.5, 0.6) is 0 Å². The second-order valence-corrected chi connectivity index (χ2v) is 6.64. The van der Waals surface area contributed by atoms with E-state index in [2.05, 4.69) is 11.4 Å². The number of nitrogens with one attached hydrogen (secondary N) is 1. The highest BCUT2D eigenvalue weighted by atomic mass is 35.5. The number of rotatable bonds is 6. The molecule has 0 spiro atoms. The Hall–Kier alpha value is -1.17. The van der Waals surface area contributed by atoms with Crippen molar-refractivity contribution in [1.29, 1.82) is 0 Å². The fourth-order valence-corrected chi connectivity index (χ4v) is 3.39. The topological polar surface area (TPSA) is 55.1 Å². The zero-order valence-corrected chi connectivity index (χ0v) is 13.2. The number of benzene rings is 1. The van der Waals surface area contributed by atoms with Gasteiger partial charge in [0.1, 0.15) is 0 Å². The van der Waals surface area contributed by atoms with Gasteiger partial charge in [0.25, 0.3) is 0 Å². The molecule has 0 saturated heterocycles. The maximum Gasteiger partial charge on any atom is 0.230 e. The van der Waals surface area contributed by atoms with E-state index in [0.717, 1.165) is 11.3 Å². The van der Waals surface area contributed by atoms with Crippen molar-refractivity contribution in [3.63, 3.8) is 0 Å². The summed E-state index contributed by atoms with van der Waals surface area (Å²) in [5.41, 5.74) is 6.47. The number of hydrogen-bond acceptors (Lipinski definition) is 4. The van der Waals surface area contributed by atoms with Gasteiger partial charge >= 0.3 is 0 Å². The summed E-state index contributed by atoms with van der Waals surface area (Å²) in [6.45, 7) is 0.658. The number of carbonyl (C=O) groups is 1. The minimum absolute atomic E-state index is 0.00549. The SMILES string of the molecule is Nc1ccc(Cl)cc1SCC(=O)NCCc1cccs1. The van der Waals surface area contributed by atoms with Crippen molar-refractivity contribution in [2.45, 2.75) is 11.3 Å². The summed E-state index contributed by atoms with van der Waals surface area (Å²) in [6.07, 6.45) is 0.868. The van der Waals surface area contributed by atoms with Crippen molar-refractivity contribution in [2.24, 2.45) is 0 Å². The summed E-state index contributed by atoms with van der Waals surface area (Å²) in [7, 11) is 0. The molecular formula is C14H15ClN2OS2. The first-order valence-corrected chi connectivity index (χ1v) is 8.36. The molecule has 0 aliphatic heterocycles. The molecule has 0 unspecified atom stereocenters. The van der Waals surface area contributed by atoms with Crippen LogP contribution in [0.15, 0.2) is 40.6 Å². The van der Waals surface area contributed by atoms with Gasteiger partial charge in [0.15, 0.2) is 0 Å². The van der Waals surface area contributed by atoms with Crippen LogP contribution in [0.2, 0.25) is 5.02 Å². The van der Waals surface area contributed by atoms with E-state index in [1.807, 2.05) is 11.4 Å². The number of carbonyl (C=O) groups excluding carboxylic acids is 1. The van der Waals surface area contributed by atoms with E-state index in [0.29, 0.717) is 23.0 Å². The minimum Gasteiger partial charge on any atom is -0.398 e. The van der Waals surface area contributed by atoms with Crippen LogP contribution in [0, 0.1) is 0 Å². The van der Waals surface area contributed by atoms with Gasteiger partial charge in [0.2, 0.25) is 5.91 Å². The molecule has 106 valence electrons. The van der Waals surface area contributed by atoms with Crippen LogP contribution in [0.25, 0.3) is 0 Å². The lowest BCUT2D eigenvalue weighted by molar-refractivity contribution is -0.118. The van der Waals surface area contributed by atoms with Crippen molar-refractivity contribution >= 4 is 46.3 Å². The molecule has 0 saturated carbocycles. The van der Waals surface area contributed by atoms with E-state index < -0.39 is 0 Å². The molecule has 20 heavy (non-hydrogen) atoms. The third-order valence-corrected chi connectivity index (χ3v) is 4.85. The smallest absolute Gasteiger partial charge is 0.230 e. The number of thiophene rings is 1. The Balaban J connectivity index is 1.73. The minimum atomic E-state index is 0.00549. The Labute approximate surface area is 131 Å². The quantitative estimate of drug-likeness (QED) is 0.631. The molecule has 2 aromatic rings. The van der Waals surface area contributed by atoms with Gasteiger partial charge in [-0.15, -0.1) is 23.1 Å². The summed E-state index contributed by atoms with van der Waals surface area (Å²) >= 11 is 9.00. The fourth-order valence-electron chi connectivity index (χ4n) is 1.61. The Morgan fingerprint density at radius 1 is 1.40 bits per heavy atom. The molecule has 0 radical (unpaired) electrons. The lowest BCUT2D eigenvalue weighted by Crippen LogP contribution is -2.27. The molecule has 0 aliphatic carbocycles. The van der Waals surface area contributed by atoms with Gasteiger partial charge in [0, 0.05) is 27.0 Å². The molecule has 3 nitrogen and oxygen atoms in total. The van der Waals surface area contributed by atoms with Crippen LogP contribution in [-0.2, 0) is 11.2 Å². The largest absolute Gasteiger partial charge is 0.398 e. The summed E-state index contributed by atoms with van der Waals surface area (Å²) in [4.78, 5) is 13.9. The van der Waals surface area contributed by atoms with Gasteiger partial charge in [-0.2, -0.15) is 0 Å². The molecule has 0 fully saturated rings. The van der Waals surface area contributed by atoms with Crippen molar-refractivity contribution in [3.05, 3.63) is 45.6 Å². The van der Waals surface area contributed by atoms with E-state index in [4.69, 9.17) is 17.3 Å². The summed E-state index contributed by atoms with van der Waals surface area (Å²) in [5.74, 6) is 0.348. The van der Waals surface area contributed by atoms with Crippen molar-refractivity contribution in [3.8, 4) is 0 Å². The summed E-state index contributed by atoms with van der Waals surface area (Å²) in [5, 5.41) is 5.56. The highest BCUT2D eigenvalue weighted by molar-refractivity contribution is 8.00. The molecule has 0 atom stereocenters. The lowest BCUT2D eigenvalue weighted by atomic mass is 10.3. The summed E-state index contributed by atoms with van der Waals surface area (Å²) in [6, 6.07) is 9.35. The fraction of sp³-hybridized carbons (Fsp3) is 0.214. The van der Waals surface area contributed by atoms with E-state index in [-0.39, 0.29) is 5.91 Å². The Morgan fingerprint density at radius 3 is 3.00 bits per heavy atom. The van der Waals surface area contributed by atoms with E-state index >= 15 is 0 Å². The molecule has 0 bridgehead atoms. The standard InChI is InChI=1S/C14H15ClN2OS2/c15-10-3-4-12(16)13(8-10)20-9-14(18)17-6-5-11-2-1-7-19-11/h1-4,7-8H,5-6,9,16H2,(H,17,18). The molecule has 6 heteroatoms. The zero-order valence-electron chi connectivity index (χ0n) is 10.8. The number of nitrogen functional groups attached to an aromatic ring is 1. The number of thioether (sulfide) groups is 1. The van der Waals surface area contributed by atoms with Crippen LogP contribution in [0.3, 0.4) is 0 Å². The van der Waals surface area contributed by atoms with Crippen LogP contribution in [0.4, 0.5) is 5.69 Å². The molecular weight excluding hydrogens is 312 g/mol. The van der Waals surface area contributed by atoms with Crippen LogP contribution in [0.1, 0.15) is 4.88 Å². The van der Waals surface area contributed by atoms with Crippen molar-refractivity contribution in [2.75, 3.05) is 18.0 Å². The van der Waals surface area contributed by atoms with Crippen LogP contribution in [-0.4, -0.2) is 18.2 Å². The first-order chi connectivity index (χ1) is 9.65. The molecule has 0 aliphatic rings. The molecule has 1 aromatic carbocycles. The van der Waals surface area contributed by atoms with E-state index in [1.54, 1.807) is 29.5 Å². The average Bonchev–Trinajstić information content (AvgIpc) is 2.93. The lowest BCUT2D eigenvalue weighted by Gasteiger charge is -2.07. The Bertz CT molecular complexity index is 573. The predicted molar refractivity (Wildman–Crippen MR) is 87.6 cm³/mol. The molecule has 3 N–H and O–H groups in total. The van der Waals surface area contributed by atoms with Crippen molar-refractivity contribution < 1.29 is 4.79 Å². The number of hydrogen-bond donors (Lipinski definition) is 2. The first kappa shape index (κ1) is 15.2. The van der Waals surface area contributed by atoms with E-state index in [1.165, 1.54) is 16.6 Å². The van der Waals surface area contributed by atoms with Gasteiger partial charge in [0.05, 0.1) is 5.75 Å². The predicted octanol–water partition coefficient (Wildman–Crippen LogP) is 3.43. The Kier molecular flexibility index (Phi) is 5.76. The number of amides is 1. The first-order valence-electron chi connectivity index (χ1n) is 6.12. The zero-order chi connectivity index (χ0) is 14.4. The maximum absolute atomic E-state index is 11.7. The van der Waals surface area contributed by atoms with Gasteiger partial charge in [-0.3, -0.25) is 4.79 Å². The highest BCUT2D eigenvalue weighted by Crippen LogP contribution is 2.27. The second-order valence-electron chi connectivity index (χ2n) is 4.15. The Morgan fingerprint density at radius 2 is 2.25 bits per heavy atom. The third kappa shape index (κ3) is 4.74. The maximum atomic E-state index is 11.7. The highest BCUT2D eigenvalue weighted by Gasteiger charge is 2.06. The number of nitrogens with two attached hydrogens (primary N) is 1. The monoisotopic (exact) mass is 326 g/mol. The second kappa shape index (κ2) is 7.57. The van der Waals surface area contributed by atoms with Crippen LogP contribution >= 0.6 is 34.7 Å². The molecule has 1 amide bonds. The number of anilines is 1. The van der Waals surface area contributed by atoms with Gasteiger partial charge in [-0.05, 0) is 36.1 Å². The van der Waals surface area contributed by atoms with Gasteiger partial charge in [-0.25, -0.2) is 0 Å². The van der Waals surface area contributed by atoms with E-state index in [9.17, 15) is 4.79 Å². The normalized spacial score (nSPS) is 10.4. The van der Waals surface area contributed by atoms with Gasteiger partial charge < -0.3 is 11.1 Å². The summed E-state index contributed by atoms with van der Waals surface area (Å²) < 4.78 is 0. The van der Waals surface area contributed by atoms with Crippen LogP contribution < -0.4 is 11.1 Å². The molecule has 1 aromatic heterocycles. The molecule has 1 heterocycles. The molecule has 2 rings (SSSR count).